The van der Waals surface area contributed by atoms with E-state index in [9.17, 15) is 0 Å². The van der Waals surface area contributed by atoms with Gasteiger partial charge in [0.05, 0.1) is 11.4 Å². The Morgan fingerprint density at radius 2 is 2.07 bits per heavy atom. The highest BCUT2D eigenvalue weighted by molar-refractivity contribution is 5.31. The molecule has 0 saturated heterocycles. The maximum Gasteiger partial charge on any atom is 0.0678 e. The van der Waals surface area contributed by atoms with E-state index in [0.29, 0.717) is 5.92 Å². The molecule has 0 N–H and O–H groups in total. The Morgan fingerprint density at radius 1 is 1.27 bits per heavy atom. The molecule has 15 heavy (non-hydrogen) atoms. The van der Waals surface area contributed by atoms with Gasteiger partial charge in [0.2, 0.25) is 0 Å². The average molecular weight is 201 g/mol. The normalized spacial score (nSPS) is 10.9. The first-order valence-corrected chi connectivity index (χ1v) is 5.15. The van der Waals surface area contributed by atoms with E-state index < -0.39 is 0 Å². The number of pyridine rings is 1. The zero-order valence-electron chi connectivity index (χ0n) is 9.31. The zero-order valence-corrected chi connectivity index (χ0v) is 9.31. The molecule has 0 fully saturated rings. The molecular formula is C12H15N3. The maximum absolute atomic E-state index is 4.51. The van der Waals surface area contributed by atoms with Gasteiger partial charge in [-0.25, -0.2) is 4.68 Å². The van der Waals surface area contributed by atoms with Gasteiger partial charge in [-0.15, -0.1) is 0 Å². The first-order chi connectivity index (χ1) is 7.16. The van der Waals surface area contributed by atoms with Crippen molar-refractivity contribution in [3.8, 4) is 5.69 Å². The van der Waals surface area contributed by atoms with Crippen LogP contribution in [-0.4, -0.2) is 14.8 Å². The van der Waals surface area contributed by atoms with Crippen molar-refractivity contribution in [2.45, 2.75) is 26.7 Å². The Morgan fingerprint density at radius 3 is 2.67 bits per heavy atom. The molecule has 0 saturated carbocycles. The molecule has 0 radical (unpaired) electrons. The lowest BCUT2D eigenvalue weighted by atomic mass is 10.1. The van der Waals surface area contributed by atoms with E-state index in [2.05, 4.69) is 30.0 Å². The van der Waals surface area contributed by atoms with Crippen LogP contribution in [0.1, 0.15) is 31.2 Å². The lowest BCUT2D eigenvalue weighted by Gasteiger charge is -2.02. The van der Waals surface area contributed by atoms with Crippen molar-refractivity contribution in [2.75, 3.05) is 0 Å². The van der Waals surface area contributed by atoms with Gasteiger partial charge < -0.3 is 0 Å². The van der Waals surface area contributed by atoms with E-state index in [-0.39, 0.29) is 0 Å². The first-order valence-electron chi connectivity index (χ1n) is 5.15. The van der Waals surface area contributed by atoms with E-state index in [0.717, 1.165) is 17.1 Å². The molecular weight excluding hydrogens is 186 g/mol. The van der Waals surface area contributed by atoms with Crippen LogP contribution in [0.3, 0.4) is 0 Å². The van der Waals surface area contributed by atoms with Crippen LogP contribution in [0.5, 0.6) is 0 Å². The van der Waals surface area contributed by atoms with Crippen LogP contribution in [0, 0.1) is 6.92 Å². The van der Waals surface area contributed by atoms with Crippen molar-refractivity contribution in [3.63, 3.8) is 0 Å². The Hall–Kier alpha value is -1.64. The lowest BCUT2D eigenvalue weighted by Crippen LogP contribution is -1.98. The molecule has 2 heterocycles. The average Bonchev–Trinajstić information content (AvgIpc) is 2.66. The summed E-state index contributed by atoms with van der Waals surface area (Å²) in [5.74, 6) is 0.467. The van der Waals surface area contributed by atoms with Crippen molar-refractivity contribution < 1.29 is 0 Å². The van der Waals surface area contributed by atoms with Crippen molar-refractivity contribution in [1.29, 1.82) is 0 Å². The topological polar surface area (TPSA) is 30.7 Å². The predicted molar refractivity (Wildman–Crippen MR) is 60.2 cm³/mol. The highest BCUT2D eigenvalue weighted by atomic mass is 15.3. The van der Waals surface area contributed by atoms with Gasteiger partial charge in [0.1, 0.15) is 0 Å². The van der Waals surface area contributed by atoms with E-state index in [1.165, 1.54) is 0 Å². The molecule has 0 aromatic carbocycles. The van der Waals surface area contributed by atoms with Crippen LogP contribution in [0.15, 0.2) is 30.6 Å². The molecule has 2 aromatic heterocycles. The molecule has 0 unspecified atom stereocenters. The van der Waals surface area contributed by atoms with Gasteiger partial charge >= 0.3 is 0 Å². The summed E-state index contributed by atoms with van der Waals surface area (Å²) in [7, 11) is 0. The lowest BCUT2D eigenvalue weighted by molar-refractivity contribution is 0.767. The zero-order chi connectivity index (χ0) is 10.8. The predicted octanol–water partition coefficient (Wildman–Crippen LogP) is 2.70. The summed E-state index contributed by atoms with van der Waals surface area (Å²) in [5.41, 5.74) is 3.19. The first kappa shape index (κ1) is 9.90. The van der Waals surface area contributed by atoms with Gasteiger partial charge in [-0.05, 0) is 31.0 Å². The van der Waals surface area contributed by atoms with Gasteiger partial charge in [0, 0.05) is 18.1 Å². The third-order valence-electron chi connectivity index (χ3n) is 2.35. The Kier molecular flexibility index (Phi) is 2.54. The second kappa shape index (κ2) is 3.85. The number of rotatable bonds is 2. The fraction of sp³-hybridized carbons (Fsp3) is 0.333. The summed E-state index contributed by atoms with van der Waals surface area (Å²) < 4.78 is 1.89. The molecule has 0 aliphatic rings. The van der Waals surface area contributed by atoms with Gasteiger partial charge in [-0.3, -0.25) is 4.98 Å². The fourth-order valence-corrected chi connectivity index (χ4v) is 1.46. The van der Waals surface area contributed by atoms with Gasteiger partial charge in [-0.1, -0.05) is 13.8 Å². The monoisotopic (exact) mass is 201 g/mol. The van der Waals surface area contributed by atoms with Crippen LogP contribution in [0.2, 0.25) is 0 Å². The third kappa shape index (κ3) is 2.06. The molecule has 0 bridgehead atoms. The molecule has 0 amide bonds. The molecule has 3 nitrogen and oxygen atoms in total. The van der Waals surface area contributed by atoms with Crippen molar-refractivity contribution >= 4 is 0 Å². The quantitative estimate of drug-likeness (QED) is 0.748. The van der Waals surface area contributed by atoms with Gasteiger partial charge in [0.15, 0.2) is 0 Å². The molecule has 0 spiro atoms. The summed E-state index contributed by atoms with van der Waals surface area (Å²) in [4.78, 5) is 4.17. The van der Waals surface area contributed by atoms with E-state index in [1.54, 1.807) is 6.20 Å². The minimum absolute atomic E-state index is 0.467. The molecule has 0 aliphatic carbocycles. The second-order valence-corrected chi connectivity index (χ2v) is 4.00. The smallest absolute Gasteiger partial charge is 0.0678 e. The third-order valence-corrected chi connectivity index (χ3v) is 2.35. The second-order valence-electron chi connectivity index (χ2n) is 4.00. The van der Waals surface area contributed by atoms with E-state index in [1.807, 2.05) is 29.9 Å². The Labute approximate surface area is 89.8 Å². The highest BCUT2D eigenvalue weighted by Crippen LogP contribution is 2.13. The number of aryl methyl sites for hydroxylation is 1. The Bertz CT molecular complexity index is 457. The molecule has 78 valence electrons. The van der Waals surface area contributed by atoms with Crippen LogP contribution >= 0.6 is 0 Å². The summed E-state index contributed by atoms with van der Waals surface area (Å²) >= 11 is 0. The van der Waals surface area contributed by atoms with Crippen molar-refractivity contribution in [2.24, 2.45) is 0 Å². The molecule has 0 aliphatic heterocycles. The fourth-order valence-electron chi connectivity index (χ4n) is 1.46. The SMILES string of the molecule is Cc1cc(-n2ccc(C(C)C)n2)ccn1. The van der Waals surface area contributed by atoms with Crippen molar-refractivity contribution in [1.82, 2.24) is 14.8 Å². The van der Waals surface area contributed by atoms with Crippen molar-refractivity contribution in [3.05, 3.63) is 42.0 Å². The number of aromatic nitrogens is 3. The van der Waals surface area contributed by atoms with Crippen LogP contribution in [-0.2, 0) is 0 Å². The minimum Gasteiger partial charge on any atom is -0.261 e. The molecule has 3 heteroatoms. The van der Waals surface area contributed by atoms with Gasteiger partial charge in [-0.2, -0.15) is 5.10 Å². The Balaban J connectivity index is 2.37. The highest BCUT2D eigenvalue weighted by Gasteiger charge is 2.04. The summed E-state index contributed by atoms with van der Waals surface area (Å²) in [6.45, 7) is 6.27. The van der Waals surface area contributed by atoms with Crippen LogP contribution in [0.4, 0.5) is 0 Å². The van der Waals surface area contributed by atoms with Gasteiger partial charge in [0.25, 0.3) is 0 Å². The minimum atomic E-state index is 0.467. The maximum atomic E-state index is 4.51. The van der Waals surface area contributed by atoms with E-state index in [4.69, 9.17) is 0 Å². The van der Waals surface area contributed by atoms with Crippen LogP contribution < -0.4 is 0 Å². The standard InChI is InChI=1S/C12H15N3/c1-9(2)12-5-7-15(14-12)11-4-6-13-10(3)8-11/h4-9H,1-3H3. The summed E-state index contributed by atoms with van der Waals surface area (Å²) in [6.07, 6.45) is 3.80. The molecule has 2 rings (SSSR count). The molecule has 2 aromatic rings. The number of nitrogens with zero attached hydrogens (tertiary/aromatic N) is 3. The summed E-state index contributed by atoms with van der Waals surface area (Å²) in [6, 6.07) is 6.04. The molecule has 0 atom stereocenters. The summed E-state index contributed by atoms with van der Waals surface area (Å²) in [5, 5.41) is 4.51. The largest absolute Gasteiger partial charge is 0.261 e. The van der Waals surface area contributed by atoms with E-state index >= 15 is 0 Å². The number of hydrogen-bond acceptors (Lipinski definition) is 2. The number of hydrogen-bond donors (Lipinski definition) is 0. The van der Waals surface area contributed by atoms with Crippen LogP contribution in [0.25, 0.3) is 5.69 Å².